The summed E-state index contributed by atoms with van der Waals surface area (Å²) in [6.45, 7) is 0. The highest BCUT2D eigenvalue weighted by atomic mass is 32.1. The zero-order chi connectivity index (χ0) is 24.3. The van der Waals surface area contributed by atoms with Gasteiger partial charge < -0.3 is 0 Å². The van der Waals surface area contributed by atoms with E-state index in [0.717, 1.165) is 0 Å². The molecule has 0 atom stereocenters. The monoisotopic (exact) mass is 486 g/mol. The van der Waals surface area contributed by atoms with Crippen LogP contribution in [0.1, 0.15) is 0 Å². The molecule has 0 saturated heterocycles. The van der Waals surface area contributed by atoms with E-state index in [2.05, 4.69) is 133 Å². The van der Waals surface area contributed by atoms with Gasteiger partial charge in [0, 0.05) is 31.7 Å². The van der Waals surface area contributed by atoms with E-state index in [9.17, 15) is 0 Å². The summed E-state index contributed by atoms with van der Waals surface area (Å²) in [6, 6.07) is 48.8. The lowest BCUT2D eigenvalue weighted by molar-refractivity contribution is 1.62. The number of rotatable bonds is 3. The Kier molecular flexibility index (Phi) is 4.49. The van der Waals surface area contributed by atoms with E-state index in [-0.39, 0.29) is 0 Å². The number of hydrogen-bond donors (Lipinski definition) is 0. The standard InChI is InChI=1S/C36H22S/c1-2-10-23(11-3-1)27-15-4-5-16-29(27)35-30-17-6-7-18-31(30)36(37-35)32-22-26-14-8-12-24-20-21-25-13-9-19-28(32)34(25)33(24)26/h1-22H. The molecule has 0 N–H and O–H groups in total. The Morgan fingerprint density at radius 1 is 0.351 bits per heavy atom. The van der Waals surface area contributed by atoms with Gasteiger partial charge in [-0.3, -0.25) is 0 Å². The Bertz CT molecular complexity index is 2080. The maximum Gasteiger partial charge on any atom is 0.0434 e. The maximum atomic E-state index is 2.41. The summed E-state index contributed by atoms with van der Waals surface area (Å²) in [5.74, 6) is 0. The Morgan fingerprint density at radius 2 is 0.919 bits per heavy atom. The largest absolute Gasteiger partial charge is 0.134 e. The van der Waals surface area contributed by atoms with Gasteiger partial charge in [-0.25, -0.2) is 0 Å². The summed E-state index contributed by atoms with van der Waals surface area (Å²) in [7, 11) is 0. The first kappa shape index (κ1) is 20.7. The van der Waals surface area contributed by atoms with Gasteiger partial charge in [0.05, 0.1) is 0 Å². The normalized spacial score (nSPS) is 11.8. The molecule has 0 fully saturated rings. The quantitative estimate of drug-likeness (QED) is 0.218. The van der Waals surface area contributed by atoms with Crippen LogP contribution in [0.5, 0.6) is 0 Å². The van der Waals surface area contributed by atoms with Gasteiger partial charge in [0.2, 0.25) is 0 Å². The lowest BCUT2D eigenvalue weighted by atomic mass is 9.90. The smallest absolute Gasteiger partial charge is 0.0434 e. The Hall–Kier alpha value is -4.46. The van der Waals surface area contributed by atoms with E-state index in [4.69, 9.17) is 0 Å². The fraction of sp³-hybridized carbons (Fsp3) is 0. The van der Waals surface area contributed by atoms with Gasteiger partial charge in [0.1, 0.15) is 0 Å². The molecule has 0 amide bonds. The summed E-state index contributed by atoms with van der Waals surface area (Å²) < 4.78 is 0. The molecule has 8 aromatic rings. The second kappa shape index (κ2) is 8.03. The highest BCUT2D eigenvalue weighted by Crippen LogP contribution is 2.49. The first-order valence-electron chi connectivity index (χ1n) is 12.7. The molecule has 0 radical (unpaired) electrons. The molecule has 0 nitrogen and oxygen atoms in total. The van der Waals surface area contributed by atoms with Gasteiger partial charge in [0.25, 0.3) is 0 Å². The molecule has 1 aromatic heterocycles. The number of thiophene rings is 1. The van der Waals surface area contributed by atoms with Crippen LogP contribution in [0, 0.1) is 0 Å². The molecule has 0 saturated carbocycles. The molecule has 172 valence electrons. The number of fused-ring (bicyclic) bond motifs is 1. The molecular weight excluding hydrogens is 464 g/mol. The fourth-order valence-electron chi connectivity index (χ4n) is 5.99. The van der Waals surface area contributed by atoms with Gasteiger partial charge in [0.15, 0.2) is 0 Å². The Labute approximate surface area is 219 Å². The van der Waals surface area contributed by atoms with Crippen LogP contribution in [0.4, 0.5) is 0 Å². The van der Waals surface area contributed by atoms with Crippen molar-refractivity contribution in [2.45, 2.75) is 0 Å². The number of hydrogen-bond acceptors (Lipinski definition) is 1. The van der Waals surface area contributed by atoms with Crippen LogP contribution in [0.2, 0.25) is 0 Å². The summed E-state index contributed by atoms with van der Waals surface area (Å²) in [6.07, 6.45) is 0. The van der Waals surface area contributed by atoms with Crippen molar-refractivity contribution in [3.8, 4) is 32.0 Å². The maximum absolute atomic E-state index is 2.41. The van der Waals surface area contributed by atoms with E-state index in [1.54, 1.807) is 0 Å². The van der Waals surface area contributed by atoms with Crippen molar-refractivity contribution in [2.24, 2.45) is 0 Å². The first-order chi connectivity index (χ1) is 18.4. The average Bonchev–Trinajstić information content (AvgIpc) is 3.36. The van der Waals surface area contributed by atoms with Crippen molar-refractivity contribution < 1.29 is 0 Å². The molecule has 0 aliphatic rings. The summed E-state index contributed by atoms with van der Waals surface area (Å²) in [5.41, 5.74) is 5.13. The molecule has 8 rings (SSSR count). The zero-order valence-electron chi connectivity index (χ0n) is 20.1. The van der Waals surface area contributed by atoms with Gasteiger partial charge in [-0.2, -0.15) is 0 Å². The van der Waals surface area contributed by atoms with Crippen LogP contribution < -0.4 is 0 Å². The summed E-state index contributed by atoms with van der Waals surface area (Å²) >= 11 is 1.92. The van der Waals surface area contributed by atoms with E-state index in [1.807, 2.05) is 11.3 Å². The van der Waals surface area contributed by atoms with Gasteiger partial charge in [-0.1, -0.05) is 127 Å². The van der Waals surface area contributed by atoms with Crippen LogP contribution in [-0.2, 0) is 0 Å². The second-order valence-corrected chi connectivity index (χ2v) is 10.7. The van der Waals surface area contributed by atoms with Crippen LogP contribution in [0.25, 0.3) is 75.1 Å². The fourth-order valence-corrected chi connectivity index (χ4v) is 7.34. The third-order valence-corrected chi connectivity index (χ3v) is 8.92. The highest BCUT2D eigenvalue weighted by molar-refractivity contribution is 7.21. The van der Waals surface area contributed by atoms with Crippen molar-refractivity contribution in [2.75, 3.05) is 0 Å². The molecule has 0 aliphatic heterocycles. The molecular formula is C36H22S. The van der Waals surface area contributed by atoms with Crippen molar-refractivity contribution in [3.63, 3.8) is 0 Å². The van der Waals surface area contributed by atoms with E-state index in [0.29, 0.717) is 0 Å². The minimum atomic E-state index is 1.25. The van der Waals surface area contributed by atoms with Crippen LogP contribution in [0.15, 0.2) is 133 Å². The SMILES string of the molecule is c1ccc(-c2ccccc2-c2sc(-c3cc4cccc5ccc6cccc3c6c54)c3ccccc23)cc1. The van der Waals surface area contributed by atoms with Crippen LogP contribution in [-0.4, -0.2) is 0 Å². The predicted octanol–water partition coefficient (Wildman–Crippen LogP) is 10.8. The topological polar surface area (TPSA) is 0 Å². The molecule has 1 heteroatoms. The van der Waals surface area contributed by atoms with Crippen LogP contribution >= 0.6 is 11.3 Å². The lowest BCUT2D eigenvalue weighted by Crippen LogP contribution is -1.86. The molecule has 7 aromatic carbocycles. The first-order valence-corrected chi connectivity index (χ1v) is 13.5. The number of benzene rings is 7. The lowest BCUT2D eigenvalue weighted by Gasteiger charge is -2.14. The molecule has 0 aliphatic carbocycles. The minimum Gasteiger partial charge on any atom is -0.134 e. The van der Waals surface area contributed by atoms with Crippen LogP contribution in [0.3, 0.4) is 0 Å². The Morgan fingerprint density at radius 3 is 1.70 bits per heavy atom. The molecule has 37 heavy (non-hydrogen) atoms. The molecule has 0 spiro atoms. The molecule has 1 heterocycles. The predicted molar refractivity (Wildman–Crippen MR) is 162 cm³/mol. The molecule has 0 bridgehead atoms. The van der Waals surface area contributed by atoms with Gasteiger partial charge >= 0.3 is 0 Å². The van der Waals surface area contributed by atoms with Crippen molar-refractivity contribution >= 4 is 54.4 Å². The highest BCUT2D eigenvalue weighted by Gasteiger charge is 2.20. The van der Waals surface area contributed by atoms with Gasteiger partial charge in [-0.05, 0) is 49.5 Å². The summed E-state index contributed by atoms with van der Waals surface area (Å²) in [4.78, 5) is 2.67. The van der Waals surface area contributed by atoms with E-state index >= 15 is 0 Å². The van der Waals surface area contributed by atoms with Crippen molar-refractivity contribution in [1.29, 1.82) is 0 Å². The van der Waals surface area contributed by atoms with Gasteiger partial charge in [-0.15, -0.1) is 11.3 Å². The zero-order valence-corrected chi connectivity index (χ0v) is 20.9. The average molecular weight is 487 g/mol. The Balaban J connectivity index is 1.47. The summed E-state index contributed by atoms with van der Waals surface area (Å²) in [5, 5.41) is 10.6. The molecule has 0 unspecified atom stereocenters. The van der Waals surface area contributed by atoms with Crippen molar-refractivity contribution in [3.05, 3.63) is 133 Å². The minimum absolute atomic E-state index is 1.25. The third kappa shape index (κ3) is 3.08. The second-order valence-electron chi connectivity index (χ2n) is 9.69. The van der Waals surface area contributed by atoms with E-state index < -0.39 is 0 Å². The van der Waals surface area contributed by atoms with Crippen molar-refractivity contribution in [1.82, 2.24) is 0 Å². The van der Waals surface area contributed by atoms with E-state index in [1.165, 1.54) is 75.1 Å². The third-order valence-electron chi connectivity index (χ3n) is 7.63.